The predicted octanol–water partition coefficient (Wildman–Crippen LogP) is 5.03. The zero-order chi connectivity index (χ0) is 21.8. The minimum Gasteiger partial charge on any atom is -0.497 e. The Kier molecular flexibility index (Phi) is 6.42. The number of carbonyl (C=O) groups is 1. The monoisotopic (exact) mass is 438 g/mol. The molecule has 1 unspecified atom stereocenters. The molecule has 2 heterocycles. The number of rotatable bonds is 7. The lowest BCUT2D eigenvalue weighted by molar-refractivity contribution is 0.0733. The van der Waals surface area contributed by atoms with Crippen LogP contribution in [-0.2, 0) is 6.61 Å². The maximum absolute atomic E-state index is 13.4. The first-order valence-electron chi connectivity index (χ1n) is 10.3. The van der Waals surface area contributed by atoms with Crippen LogP contribution in [0.15, 0.2) is 47.8 Å². The van der Waals surface area contributed by atoms with Crippen LogP contribution in [0.1, 0.15) is 45.5 Å². The van der Waals surface area contributed by atoms with E-state index in [1.54, 1.807) is 31.6 Å². The van der Waals surface area contributed by atoms with E-state index < -0.39 is 0 Å². The van der Waals surface area contributed by atoms with Gasteiger partial charge in [-0.2, -0.15) is 0 Å². The van der Waals surface area contributed by atoms with Gasteiger partial charge in [0, 0.05) is 23.1 Å². The van der Waals surface area contributed by atoms with Crippen molar-refractivity contribution < 1.29 is 19.0 Å². The molecule has 3 aromatic rings. The number of nitrogens with zero attached hydrogens (tertiary/aromatic N) is 2. The topological polar surface area (TPSA) is 60.9 Å². The van der Waals surface area contributed by atoms with Crippen molar-refractivity contribution >= 4 is 17.2 Å². The van der Waals surface area contributed by atoms with Crippen LogP contribution in [0.25, 0.3) is 0 Å². The number of likely N-dealkylation sites (tertiary alicyclic amines) is 1. The van der Waals surface area contributed by atoms with E-state index in [9.17, 15) is 4.79 Å². The average molecular weight is 439 g/mol. The number of amides is 1. The number of carbonyl (C=O) groups excluding carboxylic acids is 1. The first kappa shape index (κ1) is 21.2. The van der Waals surface area contributed by atoms with Crippen molar-refractivity contribution in [3.05, 3.63) is 69.7 Å². The normalized spacial score (nSPS) is 15.7. The third kappa shape index (κ3) is 4.66. The molecule has 0 saturated carbocycles. The first-order chi connectivity index (χ1) is 15.1. The van der Waals surface area contributed by atoms with Gasteiger partial charge in [-0.15, -0.1) is 11.3 Å². The van der Waals surface area contributed by atoms with Crippen LogP contribution in [0.2, 0.25) is 0 Å². The number of ether oxygens (including phenoxy) is 3. The average Bonchev–Trinajstić information content (AvgIpc) is 3.46. The van der Waals surface area contributed by atoms with Crippen molar-refractivity contribution in [2.45, 2.75) is 32.4 Å². The first-order valence-corrected chi connectivity index (χ1v) is 11.1. The van der Waals surface area contributed by atoms with Crippen molar-refractivity contribution in [2.75, 3.05) is 20.8 Å². The fourth-order valence-corrected chi connectivity index (χ4v) is 4.55. The largest absolute Gasteiger partial charge is 0.497 e. The van der Waals surface area contributed by atoms with E-state index in [0.717, 1.165) is 40.6 Å². The van der Waals surface area contributed by atoms with Gasteiger partial charge < -0.3 is 19.1 Å². The van der Waals surface area contributed by atoms with E-state index in [2.05, 4.69) is 4.98 Å². The van der Waals surface area contributed by atoms with Crippen molar-refractivity contribution in [1.29, 1.82) is 0 Å². The smallest absolute Gasteiger partial charge is 0.254 e. The molecule has 1 amide bonds. The number of methoxy groups -OCH3 is 2. The van der Waals surface area contributed by atoms with Crippen LogP contribution in [0, 0.1) is 6.92 Å². The van der Waals surface area contributed by atoms with Crippen LogP contribution >= 0.6 is 11.3 Å². The molecule has 0 aliphatic carbocycles. The Morgan fingerprint density at radius 3 is 2.77 bits per heavy atom. The highest BCUT2D eigenvalue weighted by atomic mass is 32.1. The molecule has 1 atom stereocenters. The molecule has 162 valence electrons. The third-order valence-corrected chi connectivity index (χ3v) is 6.27. The summed E-state index contributed by atoms with van der Waals surface area (Å²) in [5, 5.41) is 3.00. The van der Waals surface area contributed by atoms with Gasteiger partial charge in [-0.3, -0.25) is 4.79 Å². The standard InChI is InChI=1S/C24H26N2O4S/c1-16-25-18(15-31-16)14-30-20-7-4-6-17(12-20)24(27)26-11-5-8-22(26)21-13-19(28-2)9-10-23(21)29-3/h4,6-7,9-10,12-13,15,22H,5,8,11,14H2,1-3H3. The molecule has 1 aliphatic heterocycles. The Morgan fingerprint density at radius 1 is 1.16 bits per heavy atom. The maximum atomic E-state index is 13.4. The molecule has 31 heavy (non-hydrogen) atoms. The molecule has 6 nitrogen and oxygen atoms in total. The van der Waals surface area contributed by atoms with Crippen LogP contribution < -0.4 is 14.2 Å². The summed E-state index contributed by atoms with van der Waals surface area (Å²) < 4.78 is 16.8. The van der Waals surface area contributed by atoms with Crippen molar-refractivity contribution in [3.8, 4) is 17.2 Å². The summed E-state index contributed by atoms with van der Waals surface area (Å²) in [5.74, 6) is 2.16. The second-order valence-electron chi connectivity index (χ2n) is 7.44. The summed E-state index contributed by atoms with van der Waals surface area (Å²) in [6.07, 6.45) is 1.82. The van der Waals surface area contributed by atoms with E-state index in [1.807, 2.05) is 53.6 Å². The number of aryl methyl sites for hydroxylation is 1. The molecule has 1 aliphatic rings. The SMILES string of the molecule is COc1ccc(OC)c(C2CCCN2C(=O)c2cccc(OCc3csc(C)n3)c2)c1. The number of hydrogen-bond acceptors (Lipinski definition) is 6. The van der Waals surface area contributed by atoms with Crippen LogP contribution in [0.4, 0.5) is 0 Å². The van der Waals surface area contributed by atoms with Gasteiger partial charge in [0.2, 0.25) is 0 Å². The fourth-order valence-electron chi connectivity index (χ4n) is 3.95. The molecule has 2 aromatic carbocycles. The van der Waals surface area contributed by atoms with Gasteiger partial charge in [0.15, 0.2) is 0 Å². The Labute approximate surface area is 186 Å². The van der Waals surface area contributed by atoms with Crippen molar-refractivity contribution in [1.82, 2.24) is 9.88 Å². The highest BCUT2D eigenvalue weighted by molar-refractivity contribution is 7.09. The van der Waals surface area contributed by atoms with Crippen LogP contribution in [0.3, 0.4) is 0 Å². The Bertz CT molecular complexity index is 1070. The van der Waals surface area contributed by atoms with Gasteiger partial charge in [0.05, 0.1) is 31.0 Å². The molecular weight excluding hydrogens is 412 g/mol. The lowest BCUT2D eigenvalue weighted by Gasteiger charge is -2.27. The second-order valence-corrected chi connectivity index (χ2v) is 8.50. The number of benzene rings is 2. The van der Waals surface area contributed by atoms with Gasteiger partial charge in [-0.05, 0) is 56.2 Å². The van der Waals surface area contributed by atoms with Crippen LogP contribution in [0.5, 0.6) is 17.2 Å². The lowest BCUT2D eigenvalue weighted by Crippen LogP contribution is -2.30. The third-order valence-electron chi connectivity index (χ3n) is 5.44. The van der Waals surface area contributed by atoms with Crippen molar-refractivity contribution in [2.24, 2.45) is 0 Å². The molecule has 0 bridgehead atoms. The van der Waals surface area contributed by atoms with Gasteiger partial charge in [0.25, 0.3) is 5.91 Å². The summed E-state index contributed by atoms with van der Waals surface area (Å²) in [6.45, 7) is 3.06. The predicted molar refractivity (Wildman–Crippen MR) is 120 cm³/mol. The Hall–Kier alpha value is -3.06. The summed E-state index contributed by atoms with van der Waals surface area (Å²) >= 11 is 1.60. The van der Waals surface area contributed by atoms with E-state index in [-0.39, 0.29) is 11.9 Å². The lowest BCUT2D eigenvalue weighted by atomic mass is 10.0. The van der Waals surface area contributed by atoms with Crippen molar-refractivity contribution in [3.63, 3.8) is 0 Å². The number of thiazole rings is 1. The van der Waals surface area contributed by atoms with Gasteiger partial charge in [0.1, 0.15) is 23.9 Å². The second kappa shape index (κ2) is 9.39. The molecule has 0 radical (unpaired) electrons. The number of aromatic nitrogens is 1. The summed E-state index contributed by atoms with van der Waals surface area (Å²) in [4.78, 5) is 19.7. The molecular formula is C24H26N2O4S. The number of hydrogen-bond donors (Lipinski definition) is 0. The minimum absolute atomic E-state index is 0.0117. The molecule has 1 saturated heterocycles. The molecule has 1 fully saturated rings. The van der Waals surface area contributed by atoms with E-state index in [0.29, 0.717) is 24.5 Å². The van der Waals surface area contributed by atoms with E-state index in [4.69, 9.17) is 14.2 Å². The summed E-state index contributed by atoms with van der Waals surface area (Å²) in [5.41, 5.74) is 2.48. The Morgan fingerprint density at radius 2 is 2.03 bits per heavy atom. The molecule has 0 N–H and O–H groups in total. The highest BCUT2D eigenvalue weighted by Gasteiger charge is 2.32. The van der Waals surface area contributed by atoms with E-state index >= 15 is 0 Å². The summed E-state index contributed by atoms with van der Waals surface area (Å²) in [7, 11) is 3.29. The molecule has 7 heteroatoms. The minimum atomic E-state index is -0.0555. The maximum Gasteiger partial charge on any atom is 0.254 e. The van der Waals surface area contributed by atoms with E-state index in [1.165, 1.54) is 0 Å². The fraction of sp³-hybridized carbons (Fsp3) is 0.333. The Balaban J connectivity index is 1.53. The molecule has 1 aromatic heterocycles. The van der Waals surface area contributed by atoms with Crippen LogP contribution in [-0.4, -0.2) is 36.6 Å². The van der Waals surface area contributed by atoms with Gasteiger partial charge >= 0.3 is 0 Å². The highest BCUT2D eigenvalue weighted by Crippen LogP contribution is 2.39. The summed E-state index contributed by atoms with van der Waals surface area (Å²) in [6, 6.07) is 13.0. The molecule has 4 rings (SSSR count). The van der Waals surface area contributed by atoms with Gasteiger partial charge in [-0.25, -0.2) is 4.98 Å². The zero-order valence-corrected chi connectivity index (χ0v) is 18.8. The quantitative estimate of drug-likeness (QED) is 0.518. The van der Waals surface area contributed by atoms with Gasteiger partial charge in [-0.1, -0.05) is 6.07 Å². The molecule has 0 spiro atoms. The zero-order valence-electron chi connectivity index (χ0n) is 18.0.